The van der Waals surface area contributed by atoms with Gasteiger partial charge in [-0.25, -0.2) is 4.98 Å². The molecular formula is C17H17N3O2S. The number of imidazole rings is 1. The van der Waals surface area contributed by atoms with Gasteiger partial charge in [0.05, 0.1) is 16.7 Å². The van der Waals surface area contributed by atoms with E-state index in [-0.39, 0.29) is 0 Å². The molecule has 23 heavy (non-hydrogen) atoms. The third kappa shape index (κ3) is 2.86. The SMILES string of the molecule is Cc1ccc(CSc2nc3cc4c(cc3[nH]2)OC(C)(C)O4)nc1. The molecule has 5 nitrogen and oxygen atoms in total. The van der Waals surface area contributed by atoms with Gasteiger partial charge in [-0.05, 0) is 18.6 Å². The highest BCUT2D eigenvalue weighted by atomic mass is 32.2. The second-order valence-corrected chi connectivity index (χ2v) is 7.04. The Hall–Kier alpha value is -2.21. The van der Waals surface area contributed by atoms with Gasteiger partial charge < -0.3 is 14.5 Å². The molecule has 1 N–H and O–H groups in total. The third-order valence-electron chi connectivity index (χ3n) is 3.57. The van der Waals surface area contributed by atoms with Crippen LogP contribution in [-0.4, -0.2) is 20.7 Å². The van der Waals surface area contributed by atoms with E-state index in [1.165, 1.54) is 5.56 Å². The largest absolute Gasteiger partial charge is 0.449 e. The molecule has 0 aliphatic carbocycles. The van der Waals surface area contributed by atoms with Gasteiger partial charge in [0, 0.05) is 37.9 Å². The second kappa shape index (κ2) is 5.16. The standard InChI is InChI=1S/C17H17N3O2S/c1-10-4-5-11(18-8-10)9-23-16-19-12-6-14-15(7-13(12)20-16)22-17(2,3)21-14/h4-8H,9H2,1-3H3,(H,19,20). The van der Waals surface area contributed by atoms with Crippen LogP contribution in [0.5, 0.6) is 11.5 Å². The van der Waals surface area contributed by atoms with Crippen molar-refractivity contribution in [3.63, 3.8) is 0 Å². The topological polar surface area (TPSA) is 60.0 Å². The summed E-state index contributed by atoms with van der Waals surface area (Å²) in [5.74, 6) is 1.66. The van der Waals surface area contributed by atoms with Crippen LogP contribution in [0.2, 0.25) is 0 Å². The molecule has 0 bridgehead atoms. The summed E-state index contributed by atoms with van der Waals surface area (Å²) in [4.78, 5) is 12.3. The Kier molecular flexibility index (Phi) is 3.23. The summed E-state index contributed by atoms with van der Waals surface area (Å²) in [7, 11) is 0. The summed E-state index contributed by atoms with van der Waals surface area (Å²) in [5.41, 5.74) is 4.03. The fraction of sp³-hybridized carbons (Fsp3) is 0.294. The molecule has 0 amide bonds. The Morgan fingerprint density at radius 2 is 1.96 bits per heavy atom. The van der Waals surface area contributed by atoms with Crippen LogP contribution in [0.1, 0.15) is 25.1 Å². The van der Waals surface area contributed by atoms with Crippen molar-refractivity contribution < 1.29 is 9.47 Å². The lowest BCUT2D eigenvalue weighted by molar-refractivity contribution is -0.0431. The minimum atomic E-state index is -0.615. The first kappa shape index (κ1) is 14.4. The van der Waals surface area contributed by atoms with E-state index in [2.05, 4.69) is 21.0 Å². The van der Waals surface area contributed by atoms with Crippen molar-refractivity contribution in [2.24, 2.45) is 0 Å². The number of aromatic nitrogens is 3. The molecule has 1 aliphatic rings. The molecule has 0 atom stereocenters. The number of H-pyrrole nitrogens is 1. The van der Waals surface area contributed by atoms with Crippen molar-refractivity contribution in [3.05, 3.63) is 41.7 Å². The molecule has 3 heterocycles. The molecule has 0 spiro atoms. The fourth-order valence-corrected chi connectivity index (χ4v) is 3.30. The highest BCUT2D eigenvalue weighted by Crippen LogP contribution is 2.41. The van der Waals surface area contributed by atoms with Crippen LogP contribution in [0.3, 0.4) is 0 Å². The van der Waals surface area contributed by atoms with Crippen molar-refractivity contribution in [1.29, 1.82) is 0 Å². The summed E-state index contributed by atoms with van der Waals surface area (Å²) in [5, 5.41) is 0.866. The monoisotopic (exact) mass is 327 g/mol. The zero-order valence-corrected chi connectivity index (χ0v) is 14.0. The van der Waals surface area contributed by atoms with Crippen LogP contribution in [0, 0.1) is 6.92 Å². The molecular weight excluding hydrogens is 310 g/mol. The number of hydrogen-bond acceptors (Lipinski definition) is 5. The Morgan fingerprint density at radius 3 is 2.70 bits per heavy atom. The molecule has 2 aromatic heterocycles. The number of benzene rings is 1. The molecule has 0 saturated heterocycles. The van der Waals surface area contributed by atoms with E-state index < -0.39 is 5.79 Å². The van der Waals surface area contributed by atoms with Gasteiger partial charge in [-0.2, -0.15) is 0 Å². The van der Waals surface area contributed by atoms with E-state index in [0.29, 0.717) is 0 Å². The predicted octanol–water partition coefficient (Wildman–Crippen LogP) is 4.07. The molecule has 1 aliphatic heterocycles. The molecule has 1 aromatic carbocycles. The Bertz CT molecular complexity index is 826. The number of aryl methyl sites for hydroxylation is 1. The van der Waals surface area contributed by atoms with Crippen LogP contribution in [0.15, 0.2) is 35.6 Å². The minimum absolute atomic E-state index is 0.615. The van der Waals surface area contributed by atoms with Gasteiger partial charge in [0.2, 0.25) is 5.79 Å². The smallest absolute Gasteiger partial charge is 0.246 e. The number of nitrogens with one attached hydrogen (secondary N) is 1. The molecule has 4 rings (SSSR count). The fourth-order valence-electron chi connectivity index (χ4n) is 2.50. The van der Waals surface area contributed by atoms with Gasteiger partial charge in [0.25, 0.3) is 0 Å². The van der Waals surface area contributed by atoms with E-state index >= 15 is 0 Å². The average Bonchev–Trinajstić information content (AvgIpc) is 3.01. The lowest BCUT2D eigenvalue weighted by Gasteiger charge is -2.16. The maximum atomic E-state index is 5.77. The molecule has 0 radical (unpaired) electrons. The minimum Gasteiger partial charge on any atom is -0.449 e. The molecule has 0 saturated carbocycles. The second-order valence-electron chi connectivity index (χ2n) is 6.08. The third-order valence-corrected chi connectivity index (χ3v) is 4.47. The van der Waals surface area contributed by atoms with Gasteiger partial charge in [-0.15, -0.1) is 0 Å². The Morgan fingerprint density at radius 1 is 1.17 bits per heavy atom. The first-order valence-electron chi connectivity index (χ1n) is 7.45. The molecule has 118 valence electrons. The lowest BCUT2D eigenvalue weighted by Crippen LogP contribution is -2.29. The number of fused-ring (bicyclic) bond motifs is 2. The molecule has 0 unspecified atom stereocenters. The van der Waals surface area contributed by atoms with Crippen LogP contribution >= 0.6 is 11.8 Å². The summed E-state index contributed by atoms with van der Waals surface area (Å²) in [6.45, 7) is 5.82. The predicted molar refractivity (Wildman–Crippen MR) is 90.0 cm³/mol. The summed E-state index contributed by atoms with van der Waals surface area (Å²) in [6.07, 6.45) is 1.88. The Labute approximate surface area is 138 Å². The van der Waals surface area contributed by atoms with Crippen molar-refractivity contribution in [1.82, 2.24) is 15.0 Å². The summed E-state index contributed by atoms with van der Waals surface area (Å²) in [6, 6.07) is 7.98. The van der Waals surface area contributed by atoms with Gasteiger partial charge >= 0.3 is 0 Å². The van der Waals surface area contributed by atoms with E-state index in [9.17, 15) is 0 Å². The number of pyridine rings is 1. The highest BCUT2D eigenvalue weighted by Gasteiger charge is 2.32. The number of hydrogen-bond donors (Lipinski definition) is 1. The van der Waals surface area contributed by atoms with Crippen LogP contribution < -0.4 is 9.47 Å². The Balaban J connectivity index is 1.55. The van der Waals surface area contributed by atoms with Crippen molar-refractivity contribution in [3.8, 4) is 11.5 Å². The van der Waals surface area contributed by atoms with E-state index in [4.69, 9.17) is 9.47 Å². The maximum absolute atomic E-state index is 5.77. The van der Waals surface area contributed by atoms with Gasteiger partial charge in [-0.1, -0.05) is 17.8 Å². The van der Waals surface area contributed by atoms with Crippen molar-refractivity contribution >= 4 is 22.8 Å². The van der Waals surface area contributed by atoms with E-state index in [0.717, 1.165) is 39.1 Å². The van der Waals surface area contributed by atoms with Crippen LogP contribution in [0.25, 0.3) is 11.0 Å². The van der Waals surface area contributed by atoms with Crippen LogP contribution in [-0.2, 0) is 5.75 Å². The maximum Gasteiger partial charge on any atom is 0.246 e. The molecule has 3 aromatic rings. The van der Waals surface area contributed by atoms with Gasteiger partial charge in [0.15, 0.2) is 16.7 Å². The lowest BCUT2D eigenvalue weighted by atomic mass is 10.3. The molecule has 0 fully saturated rings. The van der Waals surface area contributed by atoms with Gasteiger partial charge in [0.1, 0.15) is 0 Å². The number of nitrogens with zero attached hydrogens (tertiary/aromatic N) is 2. The first-order chi connectivity index (χ1) is 11.0. The quantitative estimate of drug-likeness (QED) is 0.735. The highest BCUT2D eigenvalue weighted by molar-refractivity contribution is 7.98. The number of thioether (sulfide) groups is 1. The number of ether oxygens (including phenoxy) is 2. The normalized spacial score (nSPS) is 15.3. The number of aromatic amines is 1. The zero-order valence-electron chi connectivity index (χ0n) is 13.2. The molecule has 6 heteroatoms. The van der Waals surface area contributed by atoms with Crippen molar-refractivity contribution in [2.45, 2.75) is 37.5 Å². The van der Waals surface area contributed by atoms with E-state index in [1.54, 1.807) is 11.8 Å². The average molecular weight is 327 g/mol. The first-order valence-corrected chi connectivity index (χ1v) is 8.43. The van der Waals surface area contributed by atoms with Crippen molar-refractivity contribution in [2.75, 3.05) is 0 Å². The van der Waals surface area contributed by atoms with E-state index in [1.807, 2.05) is 45.2 Å². The number of rotatable bonds is 3. The summed E-state index contributed by atoms with van der Waals surface area (Å²) >= 11 is 1.63. The zero-order chi connectivity index (χ0) is 16.0. The van der Waals surface area contributed by atoms with Crippen LogP contribution in [0.4, 0.5) is 0 Å². The summed E-state index contributed by atoms with van der Waals surface area (Å²) < 4.78 is 11.5. The van der Waals surface area contributed by atoms with Gasteiger partial charge in [-0.3, -0.25) is 4.98 Å².